The molecule has 3 aliphatic heterocycles. The molecule has 7 heteroatoms. The van der Waals surface area contributed by atoms with Gasteiger partial charge in [-0.1, -0.05) is 36.2 Å². The van der Waals surface area contributed by atoms with Gasteiger partial charge in [0, 0.05) is 5.69 Å². The largest absolute Gasteiger partial charge is 0.488 e. The smallest absolute Gasteiger partial charge is 0.437 e. The summed E-state index contributed by atoms with van der Waals surface area (Å²) < 4.78 is 2.29. The number of hydrogen-bond acceptors (Lipinski definition) is 4. The maximum atomic E-state index is 9.42. The number of allylic oxidation sites excluding steroid dienone is 4. The third-order valence-corrected chi connectivity index (χ3v) is 4.16. The van der Waals surface area contributed by atoms with E-state index in [9.17, 15) is 10.0 Å². The molecule has 100 valence electrons. The van der Waals surface area contributed by atoms with Crippen LogP contribution in [-0.4, -0.2) is 35.7 Å². The van der Waals surface area contributed by atoms with Crippen LogP contribution >= 0.6 is 0 Å². The molecule has 0 radical (unpaired) electrons. The van der Waals surface area contributed by atoms with Gasteiger partial charge in [-0.3, -0.25) is 0 Å². The standard InChI is InChI=1S/C14H13B3N2O2/c20-17(21)12-5-6-13-14(11-12)18-9-3-2-8-16(18)19-10-4-1-7-15(13)19/h1-11,20-21H. The summed E-state index contributed by atoms with van der Waals surface area (Å²) in [5.74, 6) is 4.30. The zero-order valence-electron chi connectivity index (χ0n) is 11.4. The molecule has 0 spiro atoms. The monoisotopic (exact) mass is 274 g/mol. The van der Waals surface area contributed by atoms with Crippen molar-refractivity contribution in [3.8, 4) is 0 Å². The second-order valence-electron chi connectivity index (χ2n) is 5.36. The van der Waals surface area contributed by atoms with Crippen LogP contribution in [0.2, 0.25) is 0 Å². The molecule has 0 atom stereocenters. The van der Waals surface area contributed by atoms with Gasteiger partial charge in [0.25, 0.3) is 0 Å². The highest BCUT2D eigenvalue weighted by Gasteiger charge is 2.41. The highest BCUT2D eigenvalue weighted by Crippen LogP contribution is 2.26. The minimum atomic E-state index is -1.45. The molecule has 0 unspecified atom stereocenters. The molecule has 21 heavy (non-hydrogen) atoms. The Balaban J connectivity index is 1.89. The molecule has 3 heterocycles. The summed E-state index contributed by atoms with van der Waals surface area (Å²) in [6, 6.07) is 5.62. The Morgan fingerprint density at radius 1 is 0.952 bits per heavy atom. The fourth-order valence-electron chi connectivity index (χ4n) is 3.18. The summed E-state index contributed by atoms with van der Waals surface area (Å²) in [6.45, 7) is 0.284. The zero-order chi connectivity index (χ0) is 14.4. The lowest BCUT2D eigenvalue weighted by molar-refractivity contribution is 0.426. The lowest BCUT2D eigenvalue weighted by Gasteiger charge is -2.45. The molecule has 0 aliphatic carbocycles. The maximum absolute atomic E-state index is 9.42. The number of hydrogen-bond donors (Lipinski definition) is 2. The molecule has 4 rings (SSSR count). The molecular weight excluding hydrogens is 261 g/mol. The van der Waals surface area contributed by atoms with Crippen molar-refractivity contribution in [3.63, 3.8) is 0 Å². The van der Waals surface area contributed by atoms with Gasteiger partial charge in [0.2, 0.25) is 0 Å². The Bertz CT molecular complexity index is 699. The summed E-state index contributed by atoms with van der Waals surface area (Å²) >= 11 is 0. The van der Waals surface area contributed by atoms with Gasteiger partial charge in [0.15, 0.2) is 0 Å². The van der Waals surface area contributed by atoms with E-state index < -0.39 is 7.12 Å². The molecule has 2 N–H and O–H groups in total. The highest BCUT2D eigenvalue weighted by atomic mass is 16.4. The summed E-state index contributed by atoms with van der Waals surface area (Å²) in [7, 11) is -1.45. The van der Waals surface area contributed by atoms with Crippen LogP contribution in [0, 0.1) is 0 Å². The second-order valence-corrected chi connectivity index (χ2v) is 5.36. The van der Waals surface area contributed by atoms with Crippen molar-refractivity contribution in [1.29, 1.82) is 0 Å². The van der Waals surface area contributed by atoms with Gasteiger partial charge in [-0.2, -0.15) is 0 Å². The predicted octanol–water partition coefficient (Wildman–Crippen LogP) is -0.580. The molecule has 3 aliphatic rings. The van der Waals surface area contributed by atoms with Crippen molar-refractivity contribution in [1.82, 2.24) is 4.72 Å². The first kappa shape index (κ1) is 12.6. The summed E-state index contributed by atoms with van der Waals surface area (Å²) in [6.07, 6.45) is 12.3. The van der Waals surface area contributed by atoms with Crippen LogP contribution < -0.4 is 15.7 Å². The fourth-order valence-corrected chi connectivity index (χ4v) is 3.18. The van der Waals surface area contributed by atoms with Crippen LogP contribution in [-0.2, 0) is 0 Å². The average Bonchev–Trinajstić information content (AvgIpc) is 2.54. The molecule has 0 amide bonds. The number of fused-ring (bicyclic) bond motifs is 6. The van der Waals surface area contributed by atoms with Gasteiger partial charge in [-0.05, 0) is 41.5 Å². The fraction of sp³-hybridized carbons (Fsp3) is 0. The van der Waals surface area contributed by atoms with Gasteiger partial charge >= 0.3 is 20.9 Å². The minimum absolute atomic E-state index is 0.111. The van der Waals surface area contributed by atoms with Gasteiger partial charge in [0.1, 0.15) is 0 Å². The number of anilines is 1. The minimum Gasteiger partial charge on any atom is -0.437 e. The molecule has 0 aromatic heterocycles. The molecule has 1 aromatic carbocycles. The molecule has 0 bridgehead atoms. The SMILES string of the molecule is OB(O)c1ccc2c(c1)N1C=CC=CB1N1C=CC=CB21. The summed E-state index contributed by atoms with van der Waals surface area (Å²) in [5.41, 5.74) is 2.70. The van der Waals surface area contributed by atoms with Crippen LogP contribution in [0.3, 0.4) is 0 Å². The van der Waals surface area contributed by atoms with Crippen LogP contribution in [0.25, 0.3) is 0 Å². The summed E-state index contributed by atoms with van der Waals surface area (Å²) in [5, 5.41) is 18.8. The van der Waals surface area contributed by atoms with Gasteiger partial charge in [-0.25, -0.2) is 0 Å². The van der Waals surface area contributed by atoms with E-state index in [-0.39, 0.29) is 13.8 Å². The number of benzene rings is 1. The van der Waals surface area contributed by atoms with Gasteiger partial charge < -0.3 is 19.6 Å². The topological polar surface area (TPSA) is 46.9 Å². The molecule has 0 saturated carbocycles. The molecule has 0 fully saturated rings. The number of nitrogens with zero attached hydrogens (tertiary/aromatic N) is 2. The Kier molecular flexibility index (Phi) is 2.84. The van der Waals surface area contributed by atoms with E-state index in [0.29, 0.717) is 5.46 Å². The molecule has 4 nitrogen and oxygen atoms in total. The number of rotatable bonds is 1. The van der Waals surface area contributed by atoms with Crippen molar-refractivity contribution in [2.45, 2.75) is 0 Å². The lowest BCUT2D eigenvalue weighted by Crippen LogP contribution is -2.64. The Morgan fingerprint density at radius 2 is 1.76 bits per heavy atom. The van der Waals surface area contributed by atoms with E-state index in [1.807, 2.05) is 36.6 Å². The van der Waals surface area contributed by atoms with Gasteiger partial charge in [-0.15, -0.1) is 0 Å². The predicted molar refractivity (Wildman–Crippen MR) is 88.3 cm³/mol. The molecular formula is C14H13B3N2O2. The van der Waals surface area contributed by atoms with E-state index in [1.165, 1.54) is 0 Å². The summed E-state index contributed by atoms with van der Waals surface area (Å²) in [4.78, 5) is 2.15. The van der Waals surface area contributed by atoms with E-state index in [2.05, 4.69) is 33.8 Å². The van der Waals surface area contributed by atoms with Crippen LogP contribution in [0.5, 0.6) is 0 Å². The van der Waals surface area contributed by atoms with E-state index in [1.54, 1.807) is 6.07 Å². The van der Waals surface area contributed by atoms with Crippen molar-refractivity contribution in [2.24, 2.45) is 0 Å². The van der Waals surface area contributed by atoms with Crippen molar-refractivity contribution in [2.75, 3.05) is 4.81 Å². The Hall–Kier alpha value is -2.11. The second kappa shape index (κ2) is 4.72. The van der Waals surface area contributed by atoms with Crippen LogP contribution in [0.4, 0.5) is 5.69 Å². The van der Waals surface area contributed by atoms with Gasteiger partial charge in [0.05, 0.1) is 0 Å². The Morgan fingerprint density at radius 3 is 2.62 bits per heavy atom. The maximum Gasteiger partial charge on any atom is 0.488 e. The van der Waals surface area contributed by atoms with Crippen LogP contribution in [0.1, 0.15) is 0 Å². The van der Waals surface area contributed by atoms with Crippen molar-refractivity contribution >= 4 is 37.6 Å². The van der Waals surface area contributed by atoms with Crippen molar-refractivity contribution < 1.29 is 10.0 Å². The lowest BCUT2D eigenvalue weighted by atomic mass is 9.43. The van der Waals surface area contributed by atoms with E-state index in [0.717, 1.165) is 11.2 Å². The first-order valence-electron chi connectivity index (χ1n) is 7.01. The molecule has 0 saturated heterocycles. The Labute approximate surface area is 124 Å². The average molecular weight is 274 g/mol. The first-order chi connectivity index (χ1) is 10.3. The van der Waals surface area contributed by atoms with E-state index >= 15 is 0 Å². The molecule has 1 aromatic rings. The third kappa shape index (κ3) is 1.89. The normalized spacial score (nSPS) is 17.8. The van der Waals surface area contributed by atoms with E-state index in [4.69, 9.17) is 0 Å². The third-order valence-electron chi connectivity index (χ3n) is 4.16. The highest BCUT2D eigenvalue weighted by molar-refractivity contribution is 6.90. The van der Waals surface area contributed by atoms with Crippen LogP contribution in [0.15, 0.2) is 66.9 Å². The quantitative estimate of drug-likeness (QED) is 0.672. The van der Waals surface area contributed by atoms with Crippen molar-refractivity contribution in [3.05, 3.63) is 66.9 Å². The zero-order valence-corrected chi connectivity index (χ0v) is 11.4. The first-order valence-corrected chi connectivity index (χ1v) is 7.01.